The summed E-state index contributed by atoms with van der Waals surface area (Å²) >= 11 is 0. The number of hydrogen-bond donors (Lipinski definition) is 0. The molecule has 0 N–H and O–H groups in total. The van der Waals surface area contributed by atoms with Crippen molar-refractivity contribution in [1.82, 2.24) is 28.0 Å². The Kier molecular flexibility index (Phi) is 5.01. The monoisotopic (exact) mass is 395 g/mol. The molecule has 0 radical (unpaired) electrons. The van der Waals surface area contributed by atoms with Gasteiger partial charge in [-0.25, -0.2) is 28.0 Å². The molecule has 0 amide bonds. The first-order valence-electron chi connectivity index (χ1n) is 8.24. The van der Waals surface area contributed by atoms with E-state index < -0.39 is 22.5 Å². The average molecular weight is 395 g/mol. The van der Waals surface area contributed by atoms with Crippen molar-refractivity contribution in [2.45, 2.75) is 0 Å². The van der Waals surface area contributed by atoms with Gasteiger partial charge in [0.25, 0.3) is 0 Å². The van der Waals surface area contributed by atoms with E-state index in [9.17, 15) is 0 Å². The zero-order valence-corrected chi connectivity index (χ0v) is 18.9. The normalized spacial score (nSPS) is 28.0. The summed E-state index contributed by atoms with van der Waals surface area (Å²) in [6.45, 7) is 4.44. The third-order valence-electron chi connectivity index (χ3n) is 4.47. The molecule has 3 rings (SSSR count). The Hall–Kier alpha value is 0.450. The second-order valence-corrected chi connectivity index (χ2v) is 16.9. The molecule has 9 nitrogen and oxygen atoms in total. The summed E-state index contributed by atoms with van der Waals surface area (Å²) < 4.78 is 30.4. The first-order chi connectivity index (χ1) is 11.1. The van der Waals surface area contributed by atoms with E-state index in [1.807, 2.05) is 0 Å². The van der Waals surface area contributed by atoms with Gasteiger partial charge < -0.3 is 0 Å². The largest absolute Gasteiger partial charge is 0.246 e. The molecule has 140 valence electrons. The molecule has 0 spiro atoms. The highest BCUT2D eigenvalue weighted by molar-refractivity contribution is 7.83. The lowest BCUT2D eigenvalue weighted by molar-refractivity contribution is 0.543. The zero-order chi connectivity index (χ0) is 17.9. The number of hydrogen-bond acceptors (Lipinski definition) is 9. The van der Waals surface area contributed by atoms with E-state index in [0.29, 0.717) is 0 Å². The minimum atomic E-state index is -2.16. The van der Waals surface area contributed by atoms with E-state index in [1.165, 1.54) is 0 Å². The molecule has 0 aromatic heterocycles. The summed E-state index contributed by atoms with van der Waals surface area (Å²) in [5, 5.41) is 0. The van der Waals surface area contributed by atoms with Crippen molar-refractivity contribution in [2.24, 2.45) is 13.5 Å². The van der Waals surface area contributed by atoms with Gasteiger partial charge in [-0.3, -0.25) is 0 Å². The van der Waals surface area contributed by atoms with Gasteiger partial charge in [0.1, 0.15) is 0 Å². The fourth-order valence-electron chi connectivity index (χ4n) is 2.92. The van der Waals surface area contributed by atoms with E-state index >= 15 is 0 Å². The summed E-state index contributed by atoms with van der Waals surface area (Å²) in [6.07, 6.45) is 0. The standard InChI is InChI=1S/C12H32N9P3/c1-16(2)22(17(3)4)13-23(18(5)6,19(7)8)15-24(14-22,20-9-10-20)21-11-12-21/h9-12H2,1-8H3. The predicted octanol–water partition coefficient (Wildman–Crippen LogP) is 2.72. The minimum Gasteiger partial charge on any atom is -0.246 e. The molecular weight excluding hydrogens is 363 g/mol. The summed E-state index contributed by atoms with van der Waals surface area (Å²) in [5.41, 5.74) is 0. The fraction of sp³-hybridized carbons (Fsp3) is 1.00. The fourth-order valence-corrected chi connectivity index (χ4v) is 18.2. The molecule has 0 aromatic carbocycles. The Morgan fingerprint density at radius 2 is 0.875 bits per heavy atom. The second-order valence-electron chi connectivity index (χ2n) is 7.17. The SMILES string of the molecule is CN(C)P1(N(C)C)=NP(N(C)C)(N(C)C)=NP(N2CC2)(N2CC2)=N1. The molecule has 2 saturated heterocycles. The molecule has 0 aliphatic carbocycles. The molecule has 3 aliphatic rings. The van der Waals surface area contributed by atoms with Crippen LogP contribution in [0.4, 0.5) is 0 Å². The van der Waals surface area contributed by atoms with Gasteiger partial charge in [-0.15, -0.1) is 0 Å². The van der Waals surface area contributed by atoms with E-state index in [2.05, 4.69) is 84.4 Å². The molecule has 0 aromatic rings. The van der Waals surface area contributed by atoms with Gasteiger partial charge in [0.05, 0.1) is 0 Å². The van der Waals surface area contributed by atoms with Crippen LogP contribution in [0.15, 0.2) is 13.5 Å². The smallest absolute Gasteiger partial charge is 0.221 e. The average Bonchev–Trinajstić information content (AvgIpc) is 3.38. The van der Waals surface area contributed by atoms with Crippen molar-refractivity contribution in [3.8, 4) is 0 Å². The van der Waals surface area contributed by atoms with Crippen LogP contribution < -0.4 is 0 Å². The molecule has 3 aliphatic heterocycles. The van der Waals surface area contributed by atoms with Crippen LogP contribution in [-0.2, 0) is 0 Å². The first kappa shape index (κ1) is 19.2. The summed E-state index contributed by atoms with van der Waals surface area (Å²) in [6, 6.07) is 0. The maximum absolute atomic E-state index is 5.49. The Balaban J connectivity index is 2.40. The van der Waals surface area contributed by atoms with Gasteiger partial charge in [0.15, 0.2) is 0 Å². The van der Waals surface area contributed by atoms with Gasteiger partial charge in [0.2, 0.25) is 22.5 Å². The zero-order valence-electron chi connectivity index (χ0n) is 16.2. The van der Waals surface area contributed by atoms with Crippen LogP contribution in [0.3, 0.4) is 0 Å². The summed E-state index contributed by atoms with van der Waals surface area (Å²) in [7, 11) is 10.6. The van der Waals surface area contributed by atoms with E-state index in [-0.39, 0.29) is 0 Å². The lowest BCUT2D eigenvalue weighted by Gasteiger charge is -2.45. The maximum atomic E-state index is 5.49. The van der Waals surface area contributed by atoms with Crippen molar-refractivity contribution in [1.29, 1.82) is 0 Å². The molecule has 12 heteroatoms. The van der Waals surface area contributed by atoms with Gasteiger partial charge in [0, 0.05) is 26.2 Å². The highest BCUT2D eigenvalue weighted by Crippen LogP contribution is 2.83. The van der Waals surface area contributed by atoms with Gasteiger partial charge in [-0.05, 0) is 56.4 Å². The Morgan fingerprint density at radius 1 is 0.542 bits per heavy atom. The third-order valence-corrected chi connectivity index (χ3v) is 16.8. The van der Waals surface area contributed by atoms with Crippen LogP contribution in [0.5, 0.6) is 0 Å². The van der Waals surface area contributed by atoms with Gasteiger partial charge >= 0.3 is 0 Å². The Bertz CT molecular complexity index is 548. The second kappa shape index (κ2) is 6.26. The van der Waals surface area contributed by atoms with Crippen LogP contribution in [0, 0.1) is 0 Å². The third kappa shape index (κ3) is 2.83. The summed E-state index contributed by atoms with van der Waals surface area (Å²) in [5.74, 6) is 0. The molecule has 0 unspecified atom stereocenters. The number of rotatable bonds is 6. The van der Waals surface area contributed by atoms with E-state index in [1.54, 1.807) is 0 Å². The molecule has 2 fully saturated rings. The van der Waals surface area contributed by atoms with Crippen LogP contribution in [0.1, 0.15) is 0 Å². The van der Waals surface area contributed by atoms with Crippen molar-refractivity contribution in [2.75, 3.05) is 82.6 Å². The number of nitrogens with zero attached hydrogens (tertiary/aromatic N) is 9. The quantitative estimate of drug-likeness (QED) is 0.509. The van der Waals surface area contributed by atoms with Gasteiger partial charge in [-0.2, -0.15) is 13.5 Å². The first-order valence-corrected chi connectivity index (χ1v) is 13.0. The van der Waals surface area contributed by atoms with Crippen LogP contribution >= 0.6 is 22.5 Å². The van der Waals surface area contributed by atoms with E-state index in [4.69, 9.17) is 13.5 Å². The topological polar surface area (TPSA) is 56.1 Å². The molecule has 0 atom stereocenters. The van der Waals surface area contributed by atoms with Crippen molar-refractivity contribution >= 4 is 22.5 Å². The maximum Gasteiger partial charge on any atom is 0.221 e. The predicted molar refractivity (Wildman–Crippen MR) is 106 cm³/mol. The van der Waals surface area contributed by atoms with Crippen molar-refractivity contribution in [3.63, 3.8) is 0 Å². The Morgan fingerprint density at radius 3 is 1.17 bits per heavy atom. The highest BCUT2D eigenvalue weighted by atomic mass is 31.3. The lowest BCUT2D eigenvalue weighted by Crippen LogP contribution is -2.26. The minimum absolute atomic E-state index is 1.11. The summed E-state index contributed by atoms with van der Waals surface area (Å²) in [4.78, 5) is 0. The molecule has 24 heavy (non-hydrogen) atoms. The van der Waals surface area contributed by atoms with Crippen LogP contribution in [0.25, 0.3) is 0 Å². The van der Waals surface area contributed by atoms with E-state index in [0.717, 1.165) is 26.2 Å². The van der Waals surface area contributed by atoms with Gasteiger partial charge in [-0.1, -0.05) is 0 Å². The van der Waals surface area contributed by atoms with Crippen LogP contribution in [0.2, 0.25) is 0 Å². The molecule has 3 heterocycles. The van der Waals surface area contributed by atoms with Crippen LogP contribution in [-0.4, -0.2) is 111 Å². The molecular formula is C12H32N9P3. The molecule has 0 saturated carbocycles. The van der Waals surface area contributed by atoms with Crippen molar-refractivity contribution < 1.29 is 0 Å². The lowest BCUT2D eigenvalue weighted by atomic mass is 11.0. The Labute approximate surface area is 147 Å². The highest BCUT2D eigenvalue weighted by Gasteiger charge is 2.52. The van der Waals surface area contributed by atoms with Crippen molar-refractivity contribution in [3.05, 3.63) is 0 Å². The molecule has 0 bridgehead atoms.